The SMILES string of the molecule is CCCCCCCOc1cc2c(cc1-c1cc(F)c(C(=O)O)s1)S(=O)(=O)N(C)[C@H](C1CCCCC1)CN2c1ccccc1. The number of thiophene rings is 1. The standard InChI is InChI=1S/C33H41FN2O5S2/c1-3-4-5-6-13-18-41-29-21-27-31(19-25(29)30-20-26(34)32(42-30)33(37)38)43(39,40)35(2)28(23-14-9-7-10-15-23)22-36(27)24-16-11-8-12-17-24/h8,11-12,16-17,19-21,23,28H,3-7,9-10,13-15,18,22H2,1-2H3,(H,37,38)/t28-/m0/s1. The molecule has 0 amide bonds. The van der Waals surface area contributed by atoms with E-state index in [0.29, 0.717) is 35.0 Å². The maximum absolute atomic E-state index is 14.7. The lowest BCUT2D eigenvalue weighted by molar-refractivity contribution is 0.0697. The van der Waals surface area contributed by atoms with Gasteiger partial charge in [-0.25, -0.2) is 17.6 Å². The van der Waals surface area contributed by atoms with Gasteiger partial charge in [-0.1, -0.05) is 70.1 Å². The minimum atomic E-state index is -3.97. The molecule has 7 nitrogen and oxygen atoms in total. The Labute approximate surface area is 258 Å². The zero-order valence-electron chi connectivity index (χ0n) is 24.9. The molecule has 0 unspecified atom stereocenters. The lowest BCUT2D eigenvalue weighted by atomic mass is 9.83. The van der Waals surface area contributed by atoms with Gasteiger partial charge >= 0.3 is 5.97 Å². The molecule has 43 heavy (non-hydrogen) atoms. The lowest BCUT2D eigenvalue weighted by Gasteiger charge is -2.36. The summed E-state index contributed by atoms with van der Waals surface area (Å²) in [6, 6.07) is 14.0. The van der Waals surface area contributed by atoms with Crippen LogP contribution in [0, 0.1) is 11.7 Å². The van der Waals surface area contributed by atoms with E-state index in [0.717, 1.165) is 80.9 Å². The topological polar surface area (TPSA) is 87.1 Å². The van der Waals surface area contributed by atoms with Crippen molar-refractivity contribution in [1.82, 2.24) is 4.31 Å². The van der Waals surface area contributed by atoms with Crippen LogP contribution >= 0.6 is 11.3 Å². The molecule has 5 rings (SSSR count). The van der Waals surface area contributed by atoms with E-state index in [1.54, 1.807) is 19.2 Å². The van der Waals surface area contributed by atoms with Crippen LogP contribution in [0.15, 0.2) is 53.4 Å². The first-order valence-corrected chi connectivity index (χ1v) is 17.6. The maximum Gasteiger partial charge on any atom is 0.348 e. The number of halogens is 1. The molecule has 2 heterocycles. The normalized spacial score (nSPS) is 19.1. The number of fused-ring (bicyclic) bond motifs is 1. The fourth-order valence-corrected chi connectivity index (χ4v) is 8.87. The summed E-state index contributed by atoms with van der Waals surface area (Å²) in [7, 11) is -2.30. The summed E-state index contributed by atoms with van der Waals surface area (Å²) in [4.78, 5) is 13.8. The molecule has 10 heteroatoms. The predicted octanol–water partition coefficient (Wildman–Crippen LogP) is 8.32. The summed E-state index contributed by atoms with van der Waals surface area (Å²) in [5, 5.41) is 9.53. The minimum Gasteiger partial charge on any atom is -0.493 e. The second-order valence-corrected chi connectivity index (χ2v) is 14.6. The number of benzene rings is 2. The Morgan fingerprint density at radius 3 is 2.44 bits per heavy atom. The van der Waals surface area contributed by atoms with E-state index in [1.165, 1.54) is 10.7 Å². The number of para-hydroxylation sites is 1. The quantitative estimate of drug-likeness (QED) is 0.215. The van der Waals surface area contributed by atoms with Gasteiger partial charge in [0.1, 0.15) is 21.3 Å². The minimum absolute atomic E-state index is 0.105. The van der Waals surface area contributed by atoms with Gasteiger partial charge in [0.25, 0.3) is 0 Å². The van der Waals surface area contributed by atoms with Gasteiger partial charge in [-0.15, -0.1) is 11.3 Å². The van der Waals surface area contributed by atoms with Crippen molar-refractivity contribution in [1.29, 1.82) is 0 Å². The number of likely N-dealkylation sites (N-methyl/N-ethyl adjacent to an activating group) is 1. The van der Waals surface area contributed by atoms with Gasteiger partial charge in [-0.2, -0.15) is 4.31 Å². The highest BCUT2D eigenvalue weighted by Crippen LogP contribution is 2.47. The molecule has 0 spiro atoms. The Kier molecular flexibility index (Phi) is 10.1. The van der Waals surface area contributed by atoms with Crippen molar-refractivity contribution in [3.8, 4) is 16.2 Å². The van der Waals surface area contributed by atoms with Crippen LogP contribution in [0.2, 0.25) is 0 Å². The molecule has 1 saturated carbocycles. The molecule has 1 N–H and O–H groups in total. The molecule has 0 bridgehead atoms. The van der Waals surface area contributed by atoms with Crippen molar-refractivity contribution < 1.29 is 27.4 Å². The monoisotopic (exact) mass is 628 g/mol. The van der Waals surface area contributed by atoms with Gasteiger partial charge in [0.2, 0.25) is 10.0 Å². The molecule has 0 radical (unpaired) electrons. The first-order chi connectivity index (χ1) is 20.7. The smallest absolute Gasteiger partial charge is 0.348 e. The van der Waals surface area contributed by atoms with Crippen molar-refractivity contribution in [2.45, 2.75) is 82.1 Å². The highest BCUT2D eigenvalue weighted by Gasteiger charge is 2.41. The number of rotatable bonds is 11. The molecule has 2 aliphatic rings. The summed E-state index contributed by atoms with van der Waals surface area (Å²) in [6.07, 6.45) is 10.5. The number of sulfonamides is 1. The third kappa shape index (κ3) is 6.76. The van der Waals surface area contributed by atoms with Crippen LogP contribution in [0.1, 0.15) is 80.8 Å². The number of nitrogens with zero attached hydrogens (tertiary/aromatic N) is 2. The largest absolute Gasteiger partial charge is 0.493 e. The summed E-state index contributed by atoms with van der Waals surface area (Å²) >= 11 is 0.786. The molecule has 232 valence electrons. The summed E-state index contributed by atoms with van der Waals surface area (Å²) in [5.74, 6) is -1.56. The van der Waals surface area contributed by atoms with E-state index >= 15 is 0 Å². The van der Waals surface area contributed by atoms with Gasteiger partial charge in [0.15, 0.2) is 0 Å². The highest BCUT2D eigenvalue weighted by molar-refractivity contribution is 7.89. The first kappa shape index (κ1) is 31.5. The van der Waals surface area contributed by atoms with Crippen molar-refractivity contribution in [2.75, 3.05) is 25.1 Å². The van der Waals surface area contributed by atoms with Crippen LogP contribution in [0.4, 0.5) is 15.8 Å². The first-order valence-electron chi connectivity index (χ1n) is 15.4. The summed E-state index contributed by atoms with van der Waals surface area (Å²) in [6.45, 7) is 3.06. The van der Waals surface area contributed by atoms with Gasteiger partial charge < -0.3 is 14.7 Å². The molecule has 0 saturated heterocycles. The molecular formula is C33H41FN2O5S2. The van der Waals surface area contributed by atoms with Gasteiger partial charge in [-0.05, 0) is 49.4 Å². The maximum atomic E-state index is 14.7. The molecule has 1 aliphatic carbocycles. The second-order valence-electron chi connectivity index (χ2n) is 11.6. The van der Waals surface area contributed by atoms with E-state index in [9.17, 15) is 22.7 Å². The van der Waals surface area contributed by atoms with E-state index in [1.807, 2.05) is 30.3 Å². The van der Waals surface area contributed by atoms with E-state index in [2.05, 4.69) is 11.8 Å². The van der Waals surface area contributed by atoms with Crippen LogP contribution in [0.25, 0.3) is 10.4 Å². The summed E-state index contributed by atoms with van der Waals surface area (Å²) < 4.78 is 51.3. The van der Waals surface area contributed by atoms with Crippen LogP contribution in [-0.4, -0.2) is 50.0 Å². The van der Waals surface area contributed by atoms with Crippen LogP contribution < -0.4 is 9.64 Å². The third-order valence-electron chi connectivity index (χ3n) is 8.76. The highest BCUT2D eigenvalue weighted by atomic mass is 32.2. The van der Waals surface area contributed by atoms with Crippen molar-refractivity contribution >= 4 is 38.7 Å². The summed E-state index contributed by atoms with van der Waals surface area (Å²) in [5.41, 5.74) is 1.77. The van der Waals surface area contributed by atoms with Crippen LogP contribution in [0.5, 0.6) is 5.75 Å². The Balaban J connectivity index is 1.65. The Morgan fingerprint density at radius 2 is 1.77 bits per heavy atom. The third-order valence-corrected chi connectivity index (χ3v) is 11.8. The Morgan fingerprint density at radius 1 is 1.05 bits per heavy atom. The van der Waals surface area contributed by atoms with Crippen molar-refractivity contribution in [3.63, 3.8) is 0 Å². The van der Waals surface area contributed by atoms with Gasteiger partial charge in [0.05, 0.1) is 12.3 Å². The average Bonchev–Trinajstić information content (AvgIpc) is 3.38. The number of aromatic carboxylic acids is 1. The second kappa shape index (κ2) is 13.8. The number of hydrogen-bond donors (Lipinski definition) is 1. The predicted molar refractivity (Wildman–Crippen MR) is 170 cm³/mol. The molecule has 1 atom stereocenters. The van der Waals surface area contributed by atoms with Crippen molar-refractivity contribution in [2.24, 2.45) is 5.92 Å². The van der Waals surface area contributed by atoms with Crippen LogP contribution in [0.3, 0.4) is 0 Å². The van der Waals surface area contributed by atoms with Gasteiger partial charge in [-0.3, -0.25) is 0 Å². The number of anilines is 2. The zero-order valence-corrected chi connectivity index (χ0v) is 26.6. The molecule has 1 aromatic heterocycles. The number of carbonyl (C=O) groups is 1. The lowest BCUT2D eigenvalue weighted by Crippen LogP contribution is -2.46. The molecular weight excluding hydrogens is 588 g/mol. The fraction of sp³-hybridized carbons (Fsp3) is 0.485. The average molecular weight is 629 g/mol. The van der Waals surface area contributed by atoms with E-state index < -0.39 is 26.7 Å². The Hall–Kier alpha value is -2.95. The fourth-order valence-electron chi connectivity index (χ4n) is 6.36. The number of unbranched alkanes of at least 4 members (excludes halogenated alkanes) is 4. The number of carboxylic acids is 1. The van der Waals surface area contributed by atoms with Crippen molar-refractivity contribution in [3.05, 3.63) is 59.2 Å². The number of carboxylic acid groups (broad SMARTS) is 1. The number of ether oxygens (including phenoxy) is 1. The van der Waals surface area contributed by atoms with Crippen LogP contribution in [-0.2, 0) is 10.0 Å². The van der Waals surface area contributed by atoms with Gasteiger partial charge in [0, 0.05) is 41.8 Å². The molecule has 2 aromatic carbocycles. The molecule has 1 fully saturated rings. The molecule has 3 aromatic rings. The molecule has 1 aliphatic heterocycles. The zero-order chi connectivity index (χ0) is 30.6. The number of hydrogen-bond acceptors (Lipinski definition) is 6. The van der Waals surface area contributed by atoms with E-state index in [-0.39, 0.29) is 16.9 Å². The van der Waals surface area contributed by atoms with E-state index in [4.69, 9.17) is 4.74 Å². The Bertz CT molecular complexity index is 1520.